The molecule has 0 spiro atoms. The van der Waals surface area contributed by atoms with Crippen molar-refractivity contribution in [3.8, 4) is 11.4 Å². The first-order valence-corrected chi connectivity index (χ1v) is 10.0. The van der Waals surface area contributed by atoms with Crippen LogP contribution in [0.1, 0.15) is 22.4 Å². The lowest BCUT2D eigenvalue weighted by atomic mass is 10.0. The van der Waals surface area contributed by atoms with Gasteiger partial charge < -0.3 is 9.55 Å². The molecule has 4 aromatic rings. The lowest BCUT2D eigenvalue weighted by Gasteiger charge is -2.27. The van der Waals surface area contributed by atoms with Crippen molar-refractivity contribution in [2.24, 2.45) is 7.05 Å². The van der Waals surface area contributed by atoms with E-state index in [2.05, 4.69) is 58.9 Å². The van der Waals surface area contributed by atoms with E-state index in [0.717, 1.165) is 36.3 Å². The van der Waals surface area contributed by atoms with Gasteiger partial charge in [-0.15, -0.1) is 0 Å². The second-order valence-corrected chi connectivity index (χ2v) is 7.95. The first-order chi connectivity index (χ1) is 14.1. The topological polar surface area (TPSA) is 53.9 Å². The molecule has 146 valence electrons. The van der Waals surface area contributed by atoms with Crippen molar-refractivity contribution in [2.75, 3.05) is 6.54 Å². The van der Waals surface area contributed by atoms with E-state index in [0.29, 0.717) is 12.4 Å². The van der Waals surface area contributed by atoms with Gasteiger partial charge in [-0.05, 0) is 25.0 Å². The number of nitrogens with zero attached hydrogens (tertiary/aromatic N) is 3. The van der Waals surface area contributed by atoms with Crippen LogP contribution in [-0.2, 0) is 26.6 Å². The fourth-order valence-electron chi connectivity index (χ4n) is 4.27. The van der Waals surface area contributed by atoms with Crippen molar-refractivity contribution in [3.63, 3.8) is 0 Å². The largest absolute Gasteiger partial charge is 0.350 e. The normalized spacial score (nSPS) is 14.3. The number of aryl methyl sites for hydroxylation is 2. The SMILES string of the molecule is Cc1ccc(-c2nc3c(c(=O)[nH]2)CCN(Cc2cn(C)c4ccccc24)C3)cc1. The number of benzene rings is 2. The molecule has 0 aliphatic carbocycles. The van der Waals surface area contributed by atoms with Crippen molar-refractivity contribution < 1.29 is 0 Å². The number of para-hydroxylation sites is 1. The van der Waals surface area contributed by atoms with Crippen LogP contribution in [0.25, 0.3) is 22.3 Å². The molecule has 0 bridgehead atoms. The highest BCUT2D eigenvalue weighted by molar-refractivity contribution is 5.83. The molecule has 0 amide bonds. The lowest BCUT2D eigenvalue weighted by molar-refractivity contribution is 0.241. The fourth-order valence-corrected chi connectivity index (χ4v) is 4.27. The maximum atomic E-state index is 12.7. The van der Waals surface area contributed by atoms with E-state index in [1.807, 2.05) is 24.3 Å². The maximum Gasteiger partial charge on any atom is 0.254 e. The molecule has 1 N–H and O–H groups in total. The molecule has 0 fully saturated rings. The minimum absolute atomic E-state index is 0.00427. The average molecular weight is 384 g/mol. The van der Waals surface area contributed by atoms with Crippen molar-refractivity contribution in [3.05, 3.63) is 87.5 Å². The molecule has 5 rings (SSSR count). The monoisotopic (exact) mass is 384 g/mol. The molecule has 0 saturated heterocycles. The van der Waals surface area contributed by atoms with Crippen LogP contribution < -0.4 is 5.56 Å². The summed E-state index contributed by atoms with van der Waals surface area (Å²) in [6, 6.07) is 16.6. The molecule has 3 heterocycles. The molecule has 29 heavy (non-hydrogen) atoms. The van der Waals surface area contributed by atoms with Gasteiger partial charge in [0.25, 0.3) is 5.56 Å². The van der Waals surface area contributed by atoms with Crippen molar-refractivity contribution in [1.29, 1.82) is 0 Å². The fraction of sp³-hybridized carbons (Fsp3) is 0.250. The highest BCUT2D eigenvalue weighted by atomic mass is 16.1. The predicted octanol–water partition coefficient (Wildman–Crippen LogP) is 3.80. The molecular formula is C24H24N4O. The third-order valence-corrected chi connectivity index (χ3v) is 5.85. The Morgan fingerprint density at radius 3 is 2.72 bits per heavy atom. The summed E-state index contributed by atoms with van der Waals surface area (Å²) in [5.41, 5.74) is 6.42. The number of nitrogens with one attached hydrogen (secondary N) is 1. The van der Waals surface area contributed by atoms with Crippen molar-refractivity contribution in [2.45, 2.75) is 26.4 Å². The van der Waals surface area contributed by atoms with Gasteiger partial charge in [0.15, 0.2) is 0 Å². The summed E-state index contributed by atoms with van der Waals surface area (Å²) in [4.78, 5) is 22.8. The second-order valence-electron chi connectivity index (χ2n) is 7.95. The molecule has 1 aliphatic heterocycles. The number of H-pyrrole nitrogens is 1. The van der Waals surface area contributed by atoms with Crippen LogP contribution in [0.3, 0.4) is 0 Å². The smallest absolute Gasteiger partial charge is 0.254 e. The maximum absolute atomic E-state index is 12.7. The van der Waals surface area contributed by atoms with E-state index in [9.17, 15) is 4.79 Å². The number of rotatable bonds is 3. The Morgan fingerprint density at radius 2 is 1.90 bits per heavy atom. The summed E-state index contributed by atoms with van der Waals surface area (Å²) >= 11 is 0. The molecule has 0 unspecified atom stereocenters. The molecule has 0 atom stereocenters. The Morgan fingerprint density at radius 1 is 1.10 bits per heavy atom. The number of aromatic amines is 1. The van der Waals surface area contributed by atoms with Gasteiger partial charge in [0.05, 0.1) is 5.69 Å². The van der Waals surface area contributed by atoms with E-state index in [4.69, 9.17) is 4.98 Å². The zero-order chi connectivity index (χ0) is 20.0. The Kier molecular flexibility index (Phi) is 4.32. The number of hydrogen-bond donors (Lipinski definition) is 1. The number of hydrogen-bond acceptors (Lipinski definition) is 3. The Bertz CT molecular complexity index is 1250. The van der Waals surface area contributed by atoms with E-state index in [-0.39, 0.29) is 5.56 Å². The highest BCUT2D eigenvalue weighted by Gasteiger charge is 2.22. The minimum Gasteiger partial charge on any atom is -0.350 e. The van der Waals surface area contributed by atoms with Gasteiger partial charge in [-0.3, -0.25) is 9.69 Å². The quantitative estimate of drug-likeness (QED) is 0.585. The summed E-state index contributed by atoms with van der Waals surface area (Å²) < 4.78 is 2.18. The molecule has 5 heteroatoms. The summed E-state index contributed by atoms with van der Waals surface area (Å²) in [5, 5.41) is 1.29. The van der Waals surface area contributed by atoms with E-state index in [1.165, 1.54) is 22.0 Å². The second kappa shape index (κ2) is 7.01. The van der Waals surface area contributed by atoms with Crippen molar-refractivity contribution in [1.82, 2.24) is 19.4 Å². The Labute approximate surface area is 169 Å². The molecule has 0 radical (unpaired) electrons. The number of aromatic nitrogens is 3. The zero-order valence-corrected chi connectivity index (χ0v) is 16.8. The lowest BCUT2D eigenvalue weighted by Crippen LogP contribution is -2.35. The molecule has 1 aliphatic rings. The summed E-state index contributed by atoms with van der Waals surface area (Å²) in [5.74, 6) is 0.653. The Balaban J connectivity index is 1.45. The van der Waals surface area contributed by atoms with Gasteiger partial charge >= 0.3 is 0 Å². The van der Waals surface area contributed by atoms with Crippen LogP contribution in [-0.4, -0.2) is 26.0 Å². The summed E-state index contributed by atoms with van der Waals surface area (Å²) in [7, 11) is 2.09. The first-order valence-electron chi connectivity index (χ1n) is 10.0. The third kappa shape index (κ3) is 3.28. The van der Waals surface area contributed by atoms with Gasteiger partial charge in [-0.2, -0.15) is 0 Å². The average Bonchev–Trinajstić information content (AvgIpc) is 3.04. The minimum atomic E-state index is -0.00427. The summed E-state index contributed by atoms with van der Waals surface area (Å²) in [6.45, 7) is 4.47. The van der Waals surface area contributed by atoms with Crippen LogP contribution in [0.15, 0.2) is 59.5 Å². The third-order valence-electron chi connectivity index (χ3n) is 5.85. The van der Waals surface area contributed by atoms with E-state index in [1.54, 1.807) is 0 Å². The van der Waals surface area contributed by atoms with Gasteiger partial charge in [0.1, 0.15) is 5.82 Å². The zero-order valence-electron chi connectivity index (χ0n) is 16.8. The molecule has 0 saturated carbocycles. The van der Waals surface area contributed by atoms with Crippen LogP contribution in [0.4, 0.5) is 0 Å². The van der Waals surface area contributed by atoms with Crippen LogP contribution in [0.2, 0.25) is 0 Å². The van der Waals surface area contributed by atoms with Crippen molar-refractivity contribution >= 4 is 10.9 Å². The standard InChI is InChI=1S/C24H24N4O/c1-16-7-9-17(10-8-16)23-25-21-15-28(12-11-20(21)24(29)26-23)14-18-13-27(2)22-6-4-3-5-19(18)22/h3-10,13H,11-12,14-15H2,1-2H3,(H,25,26,29). The molecule has 2 aromatic carbocycles. The van der Waals surface area contributed by atoms with Gasteiger partial charge in [0.2, 0.25) is 0 Å². The van der Waals surface area contributed by atoms with Gasteiger partial charge in [-0.1, -0.05) is 48.0 Å². The molecular weight excluding hydrogens is 360 g/mol. The van der Waals surface area contributed by atoms with Crippen LogP contribution in [0.5, 0.6) is 0 Å². The van der Waals surface area contributed by atoms with Gasteiger partial charge in [0, 0.05) is 54.9 Å². The van der Waals surface area contributed by atoms with Gasteiger partial charge in [-0.25, -0.2) is 4.98 Å². The molecule has 5 nitrogen and oxygen atoms in total. The molecule has 2 aromatic heterocycles. The Hall–Kier alpha value is -3.18. The predicted molar refractivity (Wildman–Crippen MR) is 116 cm³/mol. The van der Waals surface area contributed by atoms with E-state index < -0.39 is 0 Å². The van der Waals surface area contributed by atoms with Crippen LogP contribution in [0, 0.1) is 6.92 Å². The first kappa shape index (κ1) is 17.9. The van der Waals surface area contributed by atoms with E-state index >= 15 is 0 Å². The highest BCUT2D eigenvalue weighted by Crippen LogP contribution is 2.25. The number of fused-ring (bicyclic) bond motifs is 2. The van der Waals surface area contributed by atoms with Crippen LogP contribution >= 0.6 is 0 Å². The summed E-state index contributed by atoms with van der Waals surface area (Å²) in [6.07, 6.45) is 2.94.